The van der Waals surface area contributed by atoms with Crippen molar-refractivity contribution < 1.29 is 36.9 Å². The van der Waals surface area contributed by atoms with Crippen LogP contribution in [-0.2, 0) is 38.3 Å². The van der Waals surface area contributed by atoms with Gasteiger partial charge in [-0.1, -0.05) is 0 Å². The molecule has 0 amide bonds. The number of esters is 1. The van der Waals surface area contributed by atoms with Gasteiger partial charge in [0, 0.05) is 26.7 Å². The molecule has 0 spiro atoms. The van der Waals surface area contributed by atoms with Gasteiger partial charge in [-0.15, -0.1) is 0 Å². The van der Waals surface area contributed by atoms with Crippen LogP contribution in [0.3, 0.4) is 0 Å². The lowest BCUT2D eigenvalue weighted by molar-refractivity contribution is -0.145. The smallest absolute Gasteiger partial charge is 0.307 e. The van der Waals surface area contributed by atoms with E-state index in [9.17, 15) is 13.2 Å². The van der Waals surface area contributed by atoms with E-state index in [1.54, 1.807) is 7.11 Å². The largest absolute Gasteiger partial charge is 0.463 e. The van der Waals surface area contributed by atoms with Crippen LogP contribution in [0, 0.1) is 0 Å². The van der Waals surface area contributed by atoms with Gasteiger partial charge in [0.1, 0.15) is 6.61 Å². The summed E-state index contributed by atoms with van der Waals surface area (Å²) in [7, 11) is -1.26. The summed E-state index contributed by atoms with van der Waals surface area (Å²) in [4.78, 5) is 13.6. The van der Waals surface area contributed by atoms with Crippen molar-refractivity contribution in [2.24, 2.45) is 0 Å². The fourth-order valence-corrected chi connectivity index (χ4v) is 3.47. The molecule has 1 heterocycles. The minimum absolute atomic E-state index is 0.164. The van der Waals surface area contributed by atoms with Gasteiger partial charge >= 0.3 is 5.97 Å². The second-order valence-electron chi connectivity index (χ2n) is 5.79. The lowest BCUT2D eigenvalue weighted by atomic mass is 10.3. The Kier molecular flexibility index (Phi) is 12.8. The molecule has 0 aromatic carbocycles. The van der Waals surface area contributed by atoms with E-state index in [2.05, 4.69) is 0 Å². The van der Waals surface area contributed by atoms with Gasteiger partial charge in [0.25, 0.3) is 0 Å². The van der Waals surface area contributed by atoms with E-state index in [-0.39, 0.29) is 30.5 Å². The Balaban J connectivity index is 1.84. The Bertz CT molecular complexity index is 457. The third-order valence-corrected chi connectivity index (χ3v) is 5.34. The molecule has 0 aromatic heterocycles. The Morgan fingerprint density at radius 1 is 0.846 bits per heavy atom. The average molecular weight is 397 g/mol. The summed E-state index contributed by atoms with van der Waals surface area (Å²) >= 11 is 0. The van der Waals surface area contributed by atoms with Crippen molar-refractivity contribution in [1.82, 2.24) is 4.90 Å². The van der Waals surface area contributed by atoms with Crippen LogP contribution in [0.5, 0.6) is 0 Å². The Morgan fingerprint density at radius 2 is 1.35 bits per heavy atom. The van der Waals surface area contributed by atoms with Crippen LogP contribution in [0.2, 0.25) is 0 Å². The fraction of sp³-hybridized carbons (Fsp3) is 0.938. The predicted molar refractivity (Wildman–Crippen MR) is 95.0 cm³/mol. The number of rotatable bonds is 15. The van der Waals surface area contributed by atoms with Gasteiger partial charge < -0.3 is 28.6 Å². The van der Waals surface area contributed by atoms with Crippen LogP contribution in [0.15, 0.2) is 0 Å². The van der Waals surface area contributed by atoms with Gasteiger partial charge in [0.2, 0.25) is 0 Å². The molecular formula is C16H31NO8S. The van der Waals surface area contributed by atoms with E-state index in [1.165, 1.54) is 0 Å². The van der Waals surface area contributed by atoms with E-state index in [0.29, 0.717) is 65.9 Å². The van der Waals surface area contributed by atoms with Crippen molar-refractivity contribution in [3.8, 4) is 0 Å². The molecule has 1 aliphatic heterocycles. The van der Waals surface area contributed by atoms with Crippen molar-refractivity contribution in [2.45, 2.75) is 6.42 Å². The minimum atomic E-state index is -2.89. The van der Waals surface area contributed by atoms with Crippen molar-refractivity contribution in [3.05, 3.63) is 0 Å². The zero-order chi connectivity index (χ0) is 19.1. The van der Waals surface area contributed by atoms with Crippen LogP contribution in [0.25, 0.3) is 0 Å². The maximum Gasteiger partial charge on any atom is 0.307 e. The second-order valence-corrected chi connectivity index (χ2v) is 8.10. The molecule has 154 valence electrons. The normalized spacial score (nSPS) is 17.3. The maximum absolute atomic E-state index is 11.6. The molecule has 0 atom stereocenters. The van der Waals surface area contributed by atoms with E-state index in [4.69, 9.17) is 23.7 Å². The molecule has 1 rings (SSSR count). The number of carbonyl (C=O) groups is 1. The first-order valence-electron chi connectivity index (χ1n) is 8.84. The first-order valence-corrected chi connectivity index (χ1v) is 10.7. The molecule has 0 aromatic rings. The summed E-state index contributed by atoms with van der Waals surface area (Å²) in [5, 5.41) is 0. The van der Waals surface area contributed by atoms with Crippen LogP contribution < -0.4 is 0 Å². The fourth-order valence-electron chi connectivity index (χ4n) is 2.19. The van der Waals surface area contributed by atoms with E-state index >= 15 is 0 Å². The molecule has 9 nitrogen and oxygen atoms in total. The summed E-state index contributed by atoms with van der Waals surface area (Å²) < 4.78 is 48.4. The second kappa shape index (κ2) is 14.3. The topological polar surface area (TPSA) is 101 Å². The highest BCUT2D eigenvalue weighted by Crippen LogP contribution is 2.04. The zero-order valence-electron chi connectivity index (χ0n) is 15.5. The van der Waals surface area contributed by atoms with Crippen LogP contribution in [-0.4, -0.2) is 110 Å². The van der Waals surface area contributed by atoms with Gasteiger partial charge in [-0.3, -0.25) is 4.79 Å². The molecule has 0 saturated carbocycles. The number of carbonyl (C=O) groups excluding carboxylic acids is 1. The minimum Gasteiger partial charge on any atom is -0.463 e. The van der Waals surface area contributed by atoms with E-state index in [0.717, 1.165) is 0 Å². The molecule has 0 unspecified atom stereocenters. The summed E-state index contributed by atoms with van der Waals surface area (Å²) in [6.45, 7) is 5.04. The third kappa shape index (κ3) is 12.6. The molecule has 1 aliphatic rings. The number of sulfone groups is 1. The van der Waals surface area contributed by atoms with E-state index < -0.39 is 9.84 Å². The number of hydrogen-bond acceptors (Lipinski definition) is 9. The molecular weight excluding hydrogens is 366 g/mol. The standard InChI is InChI=1S/C16H31NO8S/c1-21-6-7-22-8-9-23-10-11-24-12-13-25-16(18)2-3-17-4-14-26(19,20)15-5-17/h2-15H2,1H3. The summed E-state index contributed by atoms with van der Waals surface area (Å²) in [5.74, 6) is 0.0283. The molecule has 1 fully saturated rings. The zero-order valence-corrected chi connectivity index (χ0v) is 16.3. The molecule has 0 bridgehead atoms. The monoisotopic (exact) mass is 397 g/mol. The number of nitrogens with zero attached hydrogens (tertiary/aromatic N) is 1. The maximum atomic E-state index is 11.6. The van der Waals surface area contributed by atoms with Crippen molar-refractivity contribution >= 4 is 15.8 Å². The van der Waals surface area contributed by atoms with Crippen molar-refractivity contribution in [1.29, 1.82) is 0 Å². The number of hydrogen-bond donors (Lipinski definition) is 0. The van der Waals surface area contributed by atoms with Gasteiger partial charge in [-0.05, 0) is 0 Å². The summed E-state index contributed by atoms with van der Waals surface area (Å²) in [6, 6.07) is 0. The van der Waals surface area contributed by atoms with Crippen molar-refractivity contribution in [2.75, 3.05) is 91.1 Å². The molecule has 0 radical (unpaired) electrons. The van der Waals surface area contributed by atoms with Gasteiger partial charge in [0.05, 0.1) is 64.2 Å². The molecule has 10 heteroatoms. The molecule has 0 N–H and O–H groups in total. The third-order valence-electron chi connectivity index (χ3n) is 3.74. The van der Waals surface area contributed by atoms with Gasteiger partial charge in [-0.2, -0.15) is 0 Å². The predicted octanol–water partition coefficient (Wildman–Crippen LogP) is -0.654. The van der Waals surface area contributed by atoms with Crippen molar-refractivity contribution in [3.63, 3.8) is 0 Å². The highest BCUT2D eigenvalue weighted by atomic mass is 32.2. The highest BCUT2D eigenvalue weighted by Gasteiger charge is 2.21. The van der Waals surface area contributed by atoms with E-state index in [1.807, 2.05) is 4.90 Å². The summed E-state index contributed by atoms with van der Waals surface area (Å²) in [6.07, 6.45) is 0.256. The SMILES string of the molecule is COCCOCCOCCOCCOC(=O)CCN1CCS(=O)(=O)CC1. The Morgan fingerprint density at radius 3 is 1.88 bits per heavy atom. The first-order chi connectivity index (χ1) is 12.5. The average Bonchev–Trinajstić information content (AvgIpc) is 2.61. The lowest BCUT2D eigenvalue weighted by Crippen LogP contribution is -2.41. The van der Waals surface area contributed by atoms with Crippen LogP contribution in [0.4, 0.5) is 0 Å². The Labute approximate surface area is 155 Å². The highest BCUT2D eigenvalue weighted by molar-refractivity contribution is 7.91. The van der Waals surface area contributed by atoms with Crippen LogP contribution in [0.1, 0.15) is 6.42 Å². The lowest BCUT2D eigenvalue weighted by Gasteiger charge is -2.25. The summed E-state index contributed by atoms with van der Waals surface area (Å²) in [5.41, 5.74) is 0. The van der Waals surface area contributed by atoms with Gasteiger partial charge in [0.15, 0.2) is 9.84 Å². The quantitative estimate of drug-likeness (QED) is 0.263. The van der Waals surface area contributed by atoms with Gasteiger partial charge in [-0.25, -0.2) is 8.42 Å². The number of methoxy groups -OCH3 is 1. The van der Waals surface area contributed by atoms with Crippen LogP contribution >= 0.6 is 0 Å². The number of ether oxygens (including phenoxy) is 5. The molecule has 26 heavy (non-hydrogen) atoms. The first kappa shape index (κ1) is 23.3. The molecule has 0 aliphatic carbocycles. The molecule has 1 saturated heterocycles. The Hall–Kier alpha value is -0.780.